The zero-order chi connectivity index (χ0) is 22.8. The van der Waals surface area contributed by atoms with Crippen LogP contribution in [0.15, 0.2) is 47.3 Å². The zero-order valence-electron chi connectivity index (χ0n) is 18.1. The van der Waals surface area contributed by atoms with Gasteiger partial charge in [0.1, 0.15) is 11.9 Å². The van der Waals surface area contributed by atoms with Crippen LogP contribution in [0.4, 0.5) is 8.78 Å². The normalized spacial score (nSPS) is 14.8. The average Bonchev–Trinajstić information content (AvgIpc) is 2.77. The molecular weight excluding hydrogens is 416 g/mol. The number of amides is 1. The van der Waals surface area contributed by atoms with Crippen molar-refractivity contribution in [2.45, 2.75) is 39.3 Å². The van der Waals surface area contributed by atoms with Crippen LogP contribution in [0.2, 0.25) is 0 Å². The Morgan fingerprint density at radius 1 is 1.12 bits per heavy atom. The van der Waals surface area contributed by atoms with Gasteiger partial charge in [0.25, 0.3) is 11.5 Å². The Kier molecular flexibility index (Phi) is 6.21. The standard InChI is InChI=1S/C24H25F2N3O3/c1-15(2)14-29-23(30)19-6-4-3-5-18(19)22(27-29)24(31)28-11-9-17(10-12-28)32-21-8-7-16(25)13-20(21)26/h3-8,13,15,17H,9-12,14H2,1-2H3. The second-order valence-corrected chi connectivity index (χ2v) is 8.46. The molecule has 0 saturated carbocycles. The average molecular weight is 441 g/mol. The number of carbonyl (C=O) groups is 1. The number of ether oxygens (including phenoxy) is 1. The van der Waals surface area contributed by atoms with E-state index in [2.05, 4.69) is 5.10 Å². The number of hydrogen-bond donors (Lipinski definition) is 0. The van der Waals surface area contributed by atoms with E-state index in [4.69, 9.17) is 4.74 Å². The minimum absolute atomic E-state index is 0.00426. The first-order chi connectivity index (χ1) is 15.3. The number of rotatable bonds is 5. The predicted molar refractivity (Wildman–Crippen MR) is 117 cm³/mol. The van der Waals surface area contributed by atoms with Gasteiger partial charge in [-0.15, -0.1) is 0 Å². The van der Waals surface area contributed by atoms with Crippen molar-refractivity contribution in [2.75, 3.05) is 13.1 Å². The van der Waals surface area contributed by atoms with Crippen LogP contribution in [0.1, 0.15) is 37.2 Å². The van der Waals surface area contributed by atoms with Crippen molar-refractivity contribution >= 4 is 16.7 Å². The van der Waals surface area contributed by atoms with Gasteiger partial charge in [-0.05, 0) is 24.1 Å². The van der Waals surface area contributed by atoms with E-state index in [1.165, 1.54) is 10.7 Å². The van der Waals surface area contributed by atoms with Gasteiger partial charge in [0.2, 0.25) is 0 Å². The number of carbonyl (C=O) groups excluding carboxylic acids is 1. The molecule has 1 fully saturated rings. The van der Waals surface area contributed by atoms with Crippen molar-refractivity contribution in [1.82, 2.24) is 14.7 Å². The topological polar surface area (TPSA) is 64.4 Å². The number of hydrogen-bond acceptors (Lipinski definition) is 4. The first-order valence-corrected chi connectivity index (χ1v) is 10.7. The van der Waals surface area contributed by atoms with E-state index < -0.39 is 11.6 Å². The summed E-state index contributed by atoms with van der Waals surface area (Å²) in [7, 11) is 0. The van der Waals surface area contributed by atoms with Crippen LogP contribution in [-0.4, -0.2) is 39.8 Å². The lowest BCUT2D eigenvalue weighted by atomic mass is 10.1. The van der Waals surface area contributed by atoms with Gasteiger partial charge in [-0.3, -0.25) is 9.59 Å². The molecule has 1 amide bonds. The third-order valence-electron chi connectivity index (χ3n) is 5.53. The van der Waals surface area contributed by atoms with Crippen LogP contribution in [0.5, 0.6) is 5.75 Å². The van der Waals surface area contributed by atoms with Gasteiger partial charge >= 0.3 is 0 Å². The number of benzene rings is 2. The molecule has 3 aromatic rings. The lowest BCUT2D eigenvalue weighted by Gasteiger charge is -2.32. The monoisotopic (exact) mass is 441 g/mol. The summed E-state index contributed by atoms with van der Waals surface area (Å²) < 4.78 is 34.0. The smallest absolute Gasteiger partial charge is 0.274 e. The third-order valence-corrected chi connectivity index (χ3v) is 5.53. The van der Waals surface area contributed by atoms with E-state index in [1.807, 2.05) is 13.8 Å². The molecule has 32 heavy (non-hydrogen) atoms. The summed E-state index contributed by atoms with van der Waals surface area (Å²) in [4.78, 5) is 27.8. The molecule has 0 unspecified atom stereocenters. The van der Waals surface area contributed by atoms with Crippen molar-refractivity contribution in [3.8, 4) is 5.75 Å². The zero-order valence-corrected chi connectivity index (χ0v) is 18.1. The Morgan fingerprint density at radius 3 is 2.47 bits per heavy atom. The van der Waals surface area contributed by atoms with E-state index >= 15 is 0 Å². The molecular formula is C24H25F2N3O3. The molecule has 8 heteroatoms. The van der Waals surface area contributed by atoms with Crippen molar-refractivity contribution < 1.29 is 18.3 Å². The molecule has 2 aromatic carbocycles. The summed E-state index contributed by atoms with van der Waals surface area (Å²) in [5, 5.41) is 5.42. The molecule has 1 aliphatic rings. The Morgan fingerprint density at radius 2 is 1.81 bits per heavy atom. The number of nitrogens with zero attached hydrogens (tertiary/aromatic N) is 3. The Labute approximate surface area is 184 Å². The third kappa shape index (κ3) is 4.49. The van der Waals surface area contributed by atoms with E-state index in [9.17, 15) is 18.4 Å². The van der Waals surface area contributed by atoms with E-state index in [0.29, 0.717) is 43.2 Å². The SMILES string of the molecule is CC(C)Cn1nc(C(=O)N2CCC(Oc3ccc(F)cc3F)CC2)c2ccccc2c1=O. The number of likely N-dealkylation sites (tertiary alicyclic amines) is 1. The molecule has 0 N–H and O–H groups in total. The highest BCUT2D eigenvalue weighted by Crippen LogP contribution is 2.24. The fourth-order valence-electron chi connectivity index (χ4n) is 3.94. The Bertz CT molecular complexity index is 1200. The molecule has 4 rings (SSSR count). The molecule has 0 radical (unpaired) electrons. The van der Waals surface area contributed by atoms with Crippen molar-refractivity contribution in [3.63, 3.8) is 0 Å². The minimum atomic E-state index is -0.744. The van der Waals surface area contributed by atoms with Gasteiger partial charge in [0.05, 0.1) is 5.39 Å². The highest BCUT2D eigenvalue weighted by Gasteiger charge is 2.28. The maximum absolute atomic E-state index is 13.9. The lowest BCUT2D eigenvalue weighted by Crippen LogP contribution is -2.43. The van der Waals surface area contributed by atoms with Crippen LogP contribution in [-0.2, 0) is 6.54 Å². The molecule has 6 nitrogen and oxygen atoms in total. The second kappa shape index (κ2) is 9.06. The Balaban J connectivity index is 1.53. The van der Waals surface area contributed by atoms with Crippen LogP contribution in [0, 0.1) is 17.6 Å². The van der Waals surface area contributed by atoms with E-state index in [0.717, 1.165) is 12.1 Å². The van der Waals surface area contributed by atoms with Crippen LogP contribution >= 0.6 is 0 Å². The van der Waals surface area contributed by atoms with Gasteiger partial charge in [-0.2, -0.15) is 5.10 Å². The highest BCUT2D eigenvalue weighted by molar-refractivity contribution is 6.04. The quantitative estimate of drug-likeness (QED) is 0.600. The van der Waals surface area contributed by atoms with Gasteiger partial charge in [0, 0.05) is 43.9 Å². The van der Waals surface area contributed by atoms with Crippen LogP contribution < -0.4 is 10.3 Å². The number of aromatic nitrogens is 2. The maximum atomic E-state index is 13.9. The van der Waals surface area contributed by atoms with Crippen molar-refractivity contribution in [2.24, 2.45) is 5.92 Å². The number of halogens is 2. The van der Waals surface area contributed by atoms with Gasteiger partial charge in [-0.1, -0.05) is 32.0 Å². The lowest BCUT2D eigenvalue weighted by molar-refractivity contribution is 0.0582. The summed E-state index contributed by atoms with van der Waals surface area (Å²) >= 11 is 0. The molecule has 0 bridgehead atoms. The summed E-state index contributed by atoms with van der Waals surface area (Å²) in [6.45, 7) is 5.21. The second-order valence-electron chi connectivity index (χ2n) is 8.46. The molecule has 168 valence electrons. The van der Waals surface area contributed by atoms with Gasteiger partial charge < -0.3 is 9.64 Å². The van der Waals surface area contributed by atoms with Gasteiger partial charge in [-0.25, -0.2) is 13.5 Å². The van der Waals surface area contributed by atoms with E-state index in [1.54, 1.807) is 29.2 Å². The molecule has 1 saturated heterocycles. The van der Waals surface area contributed by atoms with Gasteiger partial charge in [0.15, 0.2) is 17.3 Å². The van der Waals surface area contributed by atoms with Crippen LogP contribution in [0.25, 0.3) is 10.8 Å². The molecule has 0 atom stereocenters. The van der Waals surface area contributed by atoms with Crippen molar-refractivity contribution in [1.29, 1.82) is 0 Å². The van der Waals surface area contributed by atoms with Crippen LogP contribution in [0.3, 0.4) is 0 Å². The molecule has 1 aromatic heterocycles. The Hall–Kier alpha value is -3.29. The van der Waals surface area contributed by atoms with E-state index in [-0.39, 0.29) is 34.9 Å². The summed E-state index contributed by atoms with van der Waals surface area (Å²) in [6.07, 6.45) is 0.733. The maximum Gasteiger partial charge on any atom is 0.274 e. The first kappa shape index (κ1) is 21.9. The predicted octanol–water partition coefficient (Wildman–Crippen LogP) is 4.01. The number of piperidine rings is 1. The largest absolute Gasteiger partial charge is 0.487 e. The molecule has 0 spiro atoms. The summed E-state index contributed by atoms with van der Waals surface area (Å²) in [5.41, 5.74) is 0.0454. The fourth-order valence-corrected chi connectivity index (χ4v) is 3.94. The molecule has 0 aliphatic carbocycles. The highest BCUT2D eigenvalue weighted by atomic mass is 19.1. The van der Waals surface area contributed by atoms with Crippen molar-refractivity contribution in [3.05, 3.63) is 70.1 Å². The number of fused-ring (bicyclic) bond motifs is 1. The minimum Gasteiger partial charge on any atom is -0.487 e. The first-order valence-electron chi connectivity index (χ1n) is 10.7. The fraction of sp³-hybridized carbons (Fsp3) is 0.375. The summed E-state index contributed by atoms with van der Waals surface area (Å²) in [6, 6.07) is 10.2. The molecule has 1 aliphatic heterocycles. The summed E-state index contributed by atoms with van der Waals surface area (Å²) in [5.74, 6) is -1.45. The molecule has 2 heterocycles.